The molecule has 0 saturated heterocycles. The highest BCUT2D eigenvalue weighted by molar-refractivity contribution is 7.10. The van der Waals surface area contributed by atoms with E-state index in [9.17, 15) is 0 Å². The highest BCUT2D eigenvalue weighted by Gasteiger charge is 2.18. The Balaban J connectivity index is 2.14. The van der Waals surface area contributed by atoms with E-state index in [1.54, 1.807) is 7.11 Å². The van der Waals surface area contributed by atoms with Gasteiger partial charge in [0.1, 0.15) is 15.8 Å². The van der Waals surface area contributed by atoms with Crippen LogP contribution in [0.4, 0.5) is 0 Å². The highest BCUT2D eigenvalue weighted by atomic mass is 35.5. The molecule has 1 heterocycles. The average molecular weight is 298 g/mol. The van der Waals surface area contributed by atoms with Gasteiger partial charge in [-0.3, -0.25) is 4.90 Å². The Hall–Kier alpha value is -1.17. The number of halogens is 1. The first kappa shape index (κ1) is 14.2. The molecule has 0 aliphatic rings. The molecule has 2 aromatic rings. The highest BCUT2D eigenvalue weighted by Crippen LogP contribution is 2.29. The summed E-state index contributed by atoms with van der Waals surface area (Å²) in [5.41, 5.74) is 1.96. The molecule has 6 heteroatoms. The molecule has 0 aliphatic heterocycles. The third kappa shape index (κ3) is 3.23. The van der Waals surface area contributed by atoms with Gasteiger partial charge < -0.3 is 4.74 Å². The molecule has 0 saturated carbocycles. The molecule has 2 rings (SSSR count). The maximum atomic E-state index is 6.04. The smallest absolute Gasteiger partial charge is 0.138 e. The molecule has 4 nitrogen and oxygen atoms in total. The maximum Gasteiger partial charge on any atom is 0.138 e. The van der Waals surface area contributed by atoms with Gasteiger partial charge in [0, 0.05) is 29.7 Å². The summed E-state index contributed by atoms with van der Waals surface area (Å²) in [6.07, 6.45) is 0. The molecule has 19 heavy (non-hydrogen) atoms. The maximum absolute atomic E-state index is 6.04. The summed E-state index contributed by atoms with van der Waals surface area (Å²) in [7, 11) is 3.72. The van der Waals surface area contributed by atoms with E-state index >= 15 is 0 Å². The molecule has 0 radical (unpaired) electrons. The van der Waals surface area contributed by atoms with Crippen molar-refractivity contribution < 1.29 is 4.74 Å². The fourth-order valence-electron chi connectivity index (χ4n) is 1.91. The van der Waals surface area contributed by atoms with Crippen LogP contribution in [0.15, 0.2) is 24.3 Å². The van der Waals surface area contributed by atoms with Gasteiger partial charge in [0.25, 0.3) is 0 Å². The number of para-hydroxylation sites is 1. The van der Waals surface area contributed by atoms with Crippen molar-refractivity contribution in [3.63, 3.8) is 0 Å². The number of nitrogens with zero attached hydrogens (tertiary/aromatic N) is 3. The summed E-state index contributed by atoms with van der Waals surface area (Å²) >= 11 is 7.25. The number of methoxy groups -OCH3 is 1. The minimum Gasteiger partial charge on any atom is -0.496 e. The second kappa shape index (κ2) is 6.32. The molecule has 1 aromatic heterocycles. The predicted molar refractivity (Wildman–Crippen MR) is 77.8 cm³/mol. The SMILES string of the molecule is COc1ccccc1[C@H](C)N(C)Cc1nnsc1Cl. The van der Waals surface area contributed by atoms with Crippen molar-refractivity contribution in [1.29, 1.82) is 0 Å². The van der Waals surface area contributed by atoms with Crippen LogP contribution in [-0.2, 0) is 6.54 Å². The van der Waals surface area contributed by atoms with Crippen LogP contribution in [0.1, 0.15) is 24.2 Å². The second-order valence-electron chi connectivity index (χ2n) is 4.33. The molecule has 0 aliphatic carbocycles. The lowest BCUT2D eigenvalue weighted by Crippen LogP contribution is -2.22. The minimum absolute atomic E-state index is 0.203. The largest absolute Gasteiger partial charge is 0.496 e. The topological polar surface area (TPSA) is 38.2 Å². The third-order valence-electron chi connectivity index (χ3n) is 3.16. The van der Waals surface area contributed by atoms with Crippen molar-refractivity contribution in [2.75, 3.05) is 14.2 Å². The van der Waals surface area contributed by atoms with Gasteiger partial charge in [-0.05, 0) is 20.0 Å². The van der Waals surface area contributed by atoms with Gasteiger partial charge in [0.05, 0.1) is 7.11 Å². The first-order valence-electron chi connectivity index (χ1n) is 5.93. The van der Waals surface area contributed by atoms with E-state index in [0.717, 1.165) is 17.0 Å². The van der Waals surface area contributed by atoms with Gasteiger partial charge in [0.15, 0.2) is 0 Å². The van der Waals surface area contributed by atoms with Crippen molar-refractivity contribution in [3.8, 4) is 5.75 Å². The van der Waals surface area contributed by atoms with Gasteiger partial charge in [-0.15, -0.1) is 5.10 Å². The Kier molecular flexibility index (Phi) is 4.74. The first-order valence-corrected chi connectivity index (χ1v) is 7.08. The Morgan fingerprint density at radius 3 is 2.79 bits per heavy atom. The van der Waals surface area contributed by atoms with Crippen LogP contribution >= 0.6 is 23.1 Å². The van der Waals surface area contributed by atoms with Gasteiger partial charge >= 0.3 is 0 Å². The number of rotatable bonds is 5. The number of ether oxygens (including phenoxy) is 1. The van der Waals surface area contributed by atoms with E-state index < -0.39 is 0 Å². The zero-order valence-electron chi connectivity index (χ0n) is 11.1. The van der Waals surface area contributed by atoms with E-state index in [0.29, 0.717) is 10.9 Å². The molecular formula is C13H16ClN3OS. The lowest BCUT2D eigenvalue weighted by atomic mass is 10.1. The van der Waals surface area contributed by atoms with Gasteiger partial charge in [0.2, 0.25) is 0 Å². The van der Waals surface area contributed by atoms with E-state index in [2.05, 4.69) is 27.5 Å². The van der Waals surface area contributed by atoms with Crippen LogP contribution in [0.5, 0.6) is 5.75 Å². The zero-order valence-corrected chi connectivity index (χ0v) is 12.7. The predicted octanol–water partition coefficient (Wildman–Crippen LogP) is 3.39. The summed E-state index contributed by atoms with van der Waals surface area (Å²) in [4.78, 5) is 2.17. The molecule has 0 fully saturated rings. The van der Waals surface area contributed by atoms with Gasteiger partial charge in [-0.25, -0.2) is 0 Å². The van der Waals surface area contributed by atoms with Crippen LogP contribution in [0.2, 0.25) is 4.34 Å². The number of hydrogen-bond acceptors (Lipinski definition) is 5. The molecule has 0 bridgehead atoms. The fourth-order valence-corrected chi connectivity index (χ4v) is 2.53. The number of benzene rings is 1. The van der Waals surface area contributed by atoms with Crippen LogP contribution < -0.4 is 4.74 Å². The molecular weight excluding hydrogens is 282 g/mol. The molecule has 0 N–H and O–H groups in total. The van der Waals surface area contributed by atoms with E-state index in [1.807, 2.05) is 25.2 Å². The number of hydrogen-bond donors (Lipinski definition) is 0. The quantitative estimate of drug-likeness (QED) is 0.848. The fraction of sp³-hybridized carbons (Fsp3) is 0.385. The van der Waals surface area contributed by atoms with E-state index in [-0.39, 0.29) is 6.04 Å². The Bertz CT molecular complexity index is 546. The normalized spacial score (nSPS) is 12.7. The lowest BCUT2D eigenvalue weighted by Gasteiger charge is -2.25. The zero-order chi connectivity index (χ0) is 13.8. The van der Waals surface area contributed by atoms with Crippen LogP contribution in [0, 0.1) is 0 Å². The van der Waals surface area contributed by atoms with E-state index in [1.165, 1.54) is 11.5 Å². The molecule has 1 aromatic carbocycles. The summed E-state index contributed by atoms with van der Waals surface area (Å²) in [6.45, 7) is 2.79. The van der Waals surface area contributed by atoms with E-state index in [4.69, 9.17) is 16.3 Å². The van der Waals surface area contributed by atoms with Crippen LogP contribution in [0.25, 0.3) is 0 Å². The molecule has 0 spiro atoms. The molecule has 0 amide bonds. The van der Waals surface area contributed by atoms with Crippen LogP contribution in [-0.4, -0.2) is 28.6 Å². The standard InChI is InChI=1S/C13H16ClN3OS/c1-9(10-6-4-5-7-12(10)18-3)17(2)8-11-13(14)19-16-15-11/h4-7,9H,8H2,1-3H3/t9-/m0/s1. The minimum atomic E-state index is 0.203. The van der Waals surface area contributed by atoms with Gasteiger partial charge in [-0.1, -0.05) is 34.3 Å². The van der Waals surface area contributed by atoms with Crippen molar-refractivity contribution >= 4 is 23.1 Å². The van der Waals surface area contributed by atoms with Crippen molar-refractivity contribution in [2.45, 2.75) is 19.5 Å². The number of aromatic nitrogens is 2. The van der Waals surface area contributed by atoms with Crippen LogP contribution in [0.3, 0.4) is 0 Å². The monoisotopic (exact) mass is 297 g/mol. The van der Waals surface area contributed by atoms with Gasteiger partial charge in [-0.2, -0.15) is 0 Å². The second-order valence-corrected chi connectivity index (χ2v) is 5.68. The molecule has 0 unspecified atom stereocenters. The Labute approximate surface area is 122 Å². The Morgan fingerprint density at radius 2 is 2.16 bits per heavy atom. The molecule has 102 valence electrons. The summed E-state index contributed by atoms with van der Waals surface area (Å²) in [6, 6.07) is 8.22. The molecule has 1 atom stereocenters. The van der Waals surface area contributed by atoms with Crippen molar-refractivity contribution in [1.82, 2.24) is 14.5 Å². The Morgan fingerprint density at radius 1 is 1.42 bits per heavy atom. The van der Waals surface area contributed by atoms with Crippen molar-refractivity contribution in [2.24, 2.45) is 0 Å². The summed E-state index contributed by atoms with van der Waals surface area (Å²) < 4.78 is 9.90. The summed E-state index contributed by atoms with van der Waals surface area (Å²) in [5.74, 6) is 0.893. The van der Waals surface area contributed by atoms with Crippen molar-refractivity contribution in [3.05, 3.63) is 39.9 Å². The average Bonchev–Trinajstić information content (AvgIpc) is 2.83. The lowest BCUT2D eigenvalue weighted by molar-refractivity contribution is 0.244. The first-order chi connectivity index (χ1) is 9.13. The third-order valence-corrected chi connectivity index (χ3v) is 4.14. The summed E-state index contributed by atoms with van der Waals surface area (Å²) in [5, 5.41) is 4.04.